The molecule has 3 heteroatoms. The van der Waals surface area contributed by atoms with E-state index in [1.807, 2.05) is 0 Å². The average Bonchev–Trinajstić information content (AvgIpc) is 3.21. The van der Waals surface area contributed by atoms with E-state index in [1.54, 1.807) is 0 Å². The molecule has 0 aliphatic heterocycles. The van der Waals surface area contributed by atoms with Gasteiger partial charge < -0.3 is 10.1 Å². The fourth-order valence-electron chi connectivity index (χ4n) is 2.14. The van der Waals surface area contributed by atoms with Crippen LogP contribution in [0.3, 0.4) is 0 Å². The largest absolute Gasteiger partial charge is 0.377 e. The van der Waals surface area contributed by atoms with E-state index in [0.29, 0.717) is 6.61 Å². The lowest BCUT2D eigenvalue weighted by Crippen LogP contribution is -2.15. The van der Waals surface area contributed by atoms with Crippen molar-refractivity contribution < 1.29 is 4.74 Å². The Morgan fingerprint density at radius 3 is 2.80 bits per heavy atom. The molecular formula is C17H26BrNO. The van der Waals surface area contributed by atoms with Gasteiger partial charge in [-0.15, -0.1) is 0 Å². The summed E-state index contributed by atoms with van der Waals surface area (Å²) in [7, 11) is 0. The Morgan fingerprint density at radius 2 is 2.15 bits per heavy atom. The molecule has 1 N–H and O–H groups in total. The van der Waals surface area contributed by atoms with Crippen molar-refractivity contribution in [3.8, 4) is 0 Å². The van der Waals surface area contributed by atoms with E-state index in [9.17, 15) is 0 Å². The molecule has 1 aliphatic rings. The predicted molar refractivity (Wildman–Crippen MR) is 87.7 cm³/mol. The molecule has 112 valence electrons. The van der Waals surface area contributed by atoms with Gasteiger partial charge in [0, 0.05) is 23.7 Å². The third-order valence-electron chi connectivity index (χ3n) is 3.62. The highest BCUT2D eigenvalue weighted by Gasteiger charge is 2.19. The minimum atomic E-state index is 0.703. The van der Waals surface area contributed by atoms with Crippen LogP contribution in [0.5, 0.6) is 0 Å². The number of nitrogens with one attached hydrogen (secondary N) is 1. The minimum absolute atomic E-state index is 0.703. The van der Waals surface area contributed by atoms with Crippen LogP contribution in [0.15, 0.2) is 22.7 Å². The van der Waals surface area contributed by atoms with Gasteiger partial charge in [0.25, 0.3) is 0 Å². The van der Waals surface area contributed by atoms with Gasteiger partial charge in [-0.05, 0) is 48.8 Å². The van der Waals surface area contributed by atoms with Crippen LogP contribution in [0.4, 0.5) is 0 Å². The summed E-state index contributed by atoms with van der Waals surface area (Å²) < 4.78 is 6.92. The summed E-state index contributed by atoms with van der Waals surface area (Å²) in [6.07, 6.45) is 5.07. The molecule has 2 nitrogen and oxygen atoms in total. The van der Waals surface area contributed by atoms with Crippen molar-refractivity contribution in [2.24, 2.45) is 5.92 Å². The zero-order chi connectivity index (χ0) is 14.4. The van der Waals surface area contributed by atoms with Gasteiger partial charge in [-0.1, -0.05) is 41.9 Å². The van der Waals surface area contributed by atoms with Gasteiger partial charge in [-0.2, -0.15) is 0 Å². The molecule has 0 saturated heterocycles. The number of rotatable bonds is 9. The molecule has 0 bridgehead atoms. The molecule has 0 unspecified atom stereocenters. The van der Waals surface area contributed by atoms with Crippen LogP contribution in [0.1, 0.15) is 50.7 Å². The molecule has 1 fully saturated rings. The third-order valence-corrected chi connectivity index (χ3v) is 4.36. The van der Waals surface area contributed by atoms with Crippen LogP contribution in [0.25, 0.3) is 0 Å². The summed E-state index contributed by atoms with van der Waals surface area (Å²) in [4.78, 5) is 0. The zero-order valence-corrected chi connectivity index (χ0v) is 14.2. The first-order valence-corrected chi connectivity index (χ1v) is 8.53. The van der Waals surface area contributed by atoms with Crippen LogP contribution in [-0.4, -0.2) is 12.6 Å². The lowest BCUT2D eigenvalue weighted by Gasteiger charge is -2.10. The van der Waals surface area contributed by atoms with Gasteiger partial charge in [0.05, 0.1) is 6.61 Å². The van der Waals surface area contributed by atoms with Gasteiger partial charge in [0.1, 0.15) is 0 Å². The van der Waals surface area contributed by atoms with E-state index in [2.05, 4.69) is 53.3 Å². The molecule has 1 aliphatic carbocycles. The van der Waals surface area contributed by atoms with E-state index < -0.39 is 0 Å². The lowest BCUT2D eigenvalue weighted by molar-refractivity contribution is 0.114. The van der Waals surface area contributed by atoms with Crippen LogP contribution in [-0.2, 0) is 17.9 Å². The Labute approximate surface area is 131 Å². The van der Waals surface area contributed by atoms with E-state index in [4.69, 9.17) is 4.74 Å². The van der Waals surface area contributed by atoms with Gasteiger partial charge >= 0.3 is 0 Å². The van der Waals surface area contributed by atoms with Crippen molar-refractivity contribution in [1.82, 2.24) is 5.32 Å². The number of halogens is 1. The number of ether oxygens (including phenoxy) is 1. The van der Waals surface area contributed by atoms with E-state index in [-0.39, 0.29) is 0 Å². The van der Waals surface area contributed by atoms with Gasteiger partial charge in [0.15, 0.2) is 0 Å². The molecule has 0 heterocycles. The molecule has 1 aromatic carbocycles. The zero-order valence-electron chi connectivity index (χ0n) is 12.6. The van der Waals surface area contributed by atoms with Crippen molar-refractivity contribution in [3.05, 3.63) is 33.8 Å². The Hall–Kier alpha value is -0.380. The number of hydrogen-bond donors (Lipinski definition) is 1. The van der Waals surface area contributed by atoms with Crippen LogP contribution < -0.4 is 5.32 Å². The summed E-state index contributed by atoms with van der Waals surface area (Å²) in [6.45, 7) is 7.04. The molecule has 0 amide bonds. The highest BCUT2D eigenvalue weighted by atomic mass is 79.9. The standard InChI is InChI=1S/C17H26BrNO/c1-13(2)4-3-9-20-12-15-6-5-14(10-17(15)18)11-19-16-7-8-16/h5-6,10,13,16,19H,3-4,7-9,11-12H2,1-2H3. The first-order chi connectivity index (χ1) is 9.65. The van der Waals surface area contributed by atoms with Crippen LogP contribution in [0.2, 0.25) is 0 Å². The molecular weight excluding hydrogens is 314 g/mol. The fourth-order valence-corrected chi connectivity index (χ4v) is 2.68. The molecule has 0 spiro atoms. The summed E-state index contributed by atoms with van der Waals surface area (Å²) >= 11 is 3.65. The van der Waals surface area contributed by atoms with Gasteiger partial charge in [-0.3, -0.25) is 0 Å². The lowest BCUT2D eigenvalue weighted by atomic mass is 10.1. The minimum Gasteiger partial charge on any atom is -0.377 e. The van der Waals surface area contributed by atoms with Crippen LogP contribution in [0, 0.1) is 5.92 Å². The van der Waals surface area contributed by atoms with E-state index in [0.717, 1.165) is 36.0 Å². The first-order valence-electron chi connectivity index (χ1n) is 7.73. The Balaban J connectivity index is 1.71. The highest BCUT2D eigenvalue weighted by molar-refractivity contribution is 9.10. The topological polar surface area (TPSA) is 21.3 Å². The number of benzene rings is 1. The maximum absolute atomic E-state index is 5.75. The predicted octanol–water partition coefficient (Wildman–Crippen LogP) is 4.65. The smallest absolute Gasteiger partial charge is 0.0727 e. The molecule has 20 heavy (non-hydrogen) atoms. The molecule has 0 aromatic heterocycles. The summed E-state index contributed by atoms with van der Waals surface area (Å²) in [5.74, 6) is 0.767. The van der Waals surface area contributed by atoms with Crippen molar-refractivity contribution in [2.45, 2.75) is 58.7 Å². The molecule has 2 rings (SSSR count). The van der Waals surface area contributed by atoms with Crippen molar-refractivity contribution in [1.29, 1.82) is 0 Å². The Kier molecular flexibility index (Phi) is 6.53. The van der Waals surface area contributed by atoms with Crippen molar-refractivity contribution in [2.75, 3.05) is 6.61 Å². The maximum Gasteiger partial charge on any atom is 0.0727 e. The van der Waals surface area contributed by atoms with Crippen molar-refractivity contribution >= 4 is 15.9 Å². The monoisotopic (exact) mass is 339 g/mol. The second-order valence-electron chi connectivity index (χ2n) is 6.17. The van der Waals surface area contributed by atoms with Crippen molar-refractivity contribution in [3.63, 3.8) is 0 Å². The van der Waals surface area contributed by atoms with Crippen LogP contribution >= 0.6 is 15.9 Å². The quantitative estimate of drug-likeness (QED) is 0.661. The second kappa shape index (κ2) is 8.16. The summed E-state index contributed by atoms with van der Waals surface area (Å²) in [6, 6.07) is 7.35. The van der Waals surface area contributed by atoms with E-state index >= 15 is 0 Å². The Bertz CT molecular complexity index is 415. The molecule has 1 aromatic rings. The van der Waals surface area contributed by atoms with E-state index in [1.165, 1.54) is 30.4 Å². The third kappa shape index (κ3) is 5.94. The maximum atomic E-state index is 5.75. The summed E-state index contributed by atoms with van der Waals surface area (Å²) in [5.41, 5.74) is 2.58. The van der Waals surface area contributed by atoms with Gasteiger partial charge in [0.2, 0.25) is 0 Å². The number of hydrogen-bond acceptors (Lipinski definition) is 2. The second-order valence-corrected chi connectivity index (χ2v) is 7.02. The normalized spacial score (nSPS) is 15.0. The molecule has 1 saturated carbocycles. The fraction of sp³-hybridized carbons (Fsp3) is 0.647. The molecule has 0 radical (unpaired) electrons. The average molecular weight is 340 g/mol. The molecule has 0 atom stereocenters. The first kappa shape index (κ1) is 16.0. The Morgan fingerprint density at radius 1 is 1.35 bits per heavy atom. The SMILES string of the molecule is CC(C)CCCOCc1ccc(CNC2CC2)cc1Br. The highest BCUT2D eigenvalue weighted by Crippen LogP contribution is 2.22. The van der Waals surface area contributed by atoms with Gasteiger partial charge in [-0.25, -0.2) is 0 Å². The summed E-state index contributed by atoms with van der Waals surface area (Å²) in [5, 5.41) is 3.54.